The third kappa shape index (κ3) is 10.5. The highest BCUT2D eigenvalue weighted by molar-refractivity contribution is 6.33. The molecule has 0 aliphatic heterocycles. The van der Waals surface area contributed by atoms with E-state index in [0.29, 0.717) is 17.4 Å². The Kier molecular flexibility index (Phi) is 8.82. The van der Waals surface area contributed by atoms with Gasteiger partial charge in [0.05, 0.1) is 11.7 Å². The summed E-state index contributed by atoms with van der Waals surface area (Å²) >= 11 is 0. The smallest absolute Gasteiger partial charge is 0.105 e. The van der Waals surface area contributed by atoms with Crippen molar-refractivity contribution in [1.29, 1.82) is 0 Å². The van der Waals surface area contributed by atoms with Crippen LogP contribution < -0.4 is 0 Å². The highest BCUT2D eigenvalue weighted by Crippen LogP contribution is 2.30. The Labute approximate surface area is 128 Å². The van der Waals surface area contributed by atoms with E-state index in [9.17, 15) is 0 Å². The molecule has 0 amide bonds. The van der Waals surface area contributed by atoms with E-state index < -0.39 is 0 Å². The van der Waals surface area contributed by atoms with Gasteiger partial charge in [-0.15, -0.1) is 0 Å². The standard InChI is InChI=1S/C18H36BO/c1-9-10-15(11-13-17(2,3)4)16(12-14-19-8)20-18(5,6)7/h9-10,15-16H,11-14H2,1-8H3/b10-9-. The Hall–Kier alpha value is -0.235. The van der Waals surface area contributed by atoms with Gasteiger partial charge in [-0.05, 0) is 52.4 Å². The zero-order chi connectivity index (χ0) is 15.8. The largest absolute Gasteiger partial charge is 0.372 e. The molecule has 0 aromatic heterocycles. The molecule has 2 heteroatoms. The fourth-order valence-corrected chi connectivity index (χ4v) is 2.40. The predicted octanol–water partition coefficient (Wildman–Crippen LogP) is 5.75. The molecule has 0 aliphatic carbocycles. The second-order valence-corrected chi connectivity index (χ2v) is 8.04. The zero-order valence-corrected chi connectivity index (χ0v) is 15.1. The second-order valence-electron chi connectivity index (χ2n) is 8.04. The van der Waals surface area contributed by atoms with Crippen molar-refractivity contribution < 1.29 is 4.74 Å². The molecule has 0 saturated carbocycles. The van der Waals surface area contributed by atoms with E-state index in [1.165, 1.54) is 12.8 Å². The summed E-state index contributed by atoms with van der Waals surface area (Å²) in [6.45, 7) is 17.7. The molecule has 0 aliphatic rings. The fourth-order valence-electron chi connectivity index (χ4n) is 2.40. The molecule has 0 bridgehead atoms. The number of allylic oxidation sites excluding steroid dienone is 1. The monoisotopic (exact) mass is 279 g/mol. The van der Waals surface area contributed by atoms with Crippen molar-refractivity contribution in [1.82, 2.24) is 0 Å². The predicted molar refractivity (Wildman–Crippen MR) is 92.7 cm³/mol. The van der Waals surface area contributed by atoms with E-state index in [2.05, 4.69) is 74.7 Å². The van der Waals surface area contributed by atoms with E-state index in [1.54, 1.807) is 0 Å². The second kappa shape index (κ2) is 8.92. The number of rotatable bonds is 8. The van der Waals surface area contributed by atoms with Crippen molar-refractivity contribution >= 4 is 7.28 Å². The molecule has 2 atom stereocenters. The maximum Gasteiger partial charge on any atom is 0.105 e. The number of hydrogen-bond donors (Lipinski definition) is 0. The van der Waals surface area contributed by atoms with Gasteiger partial charge in [-0.3, -0.25) is 0 Å². The average Bonchev–Trinajstić information content (AvgIpc) is 2.27. The maximum atomic E-state index is 6.35. The Morgan fingerprint density at radius 3 is 2.05 bits per heavy atom. The molecule has 117 valence electrons. The summed E-state index contributed by atoms with van der Waals surface area (Å²) in [5.74, 6) is 0.526. The van der Waals surface area contributed by atoms with E-state index >= 15 is 0 Å². The highest BCUT2D eigenvalue weighted by Gasteiger charge is 2.26. The van der Waals surface area contributed by atoms with Crippen LogP contribution >= 0.6 is 0 Å². The summed E-state index contributed by atoms with van der Waals surface area (Å²) in [6.07, 6.45) is 9.54. The Morgan fingerprint density at radius 1 is 1.05 bits per heavy atom. The Morgan fingerprint density at radius 2 is 1.65 bits per heavy atom. The van der Waals surface area contributed by atoms with E-state index in [4.69, 9.17) is 4.74 Å². The van der Waals surface area contributed by atoms with Crippen LogP contribution in [-0.4, -0.2) is 19.0 Å². The van der Waals surface area contributed by atoms with Crippen LogP contribution in [0, 0.1) is 11.3 Å². The lowest BCUT2D eigenvalue weighted by atomic mass is 9.74. The van der Waals surface area contributed by atoms with Crippen LogP contribution in [-0.2, 0) is 4.74 Å². The first kappa shape index (κ1) is 19.8. The summed E-state index contributed by atoms with van der Waals surface area (Å²) < 4.78 is 6.35. The van der Waals surface area contributed by atoms with Gasteiger partial charge < -0.3 is 4.74 Å². The zero-order valence-electron chi connectivity index (χ0n) is 15.1. The summed E-state index contributed by atoms with van der Waals surface area (Å²) in [5, 5.41) is 0. The normalized spacial score (nSPS) is 16.4. The molecule has 20 heavy (non-hydrogen) atoms. The maximum absolute atomic E-state index is 6.35. The molecular formula is C18H36BO. The molecule has 1 nitrogen and oxygen atoms in total. The van der Waals surface area contributed by atoms with Crippen molar-refractivity contribution in [2.45, 2.75) is 92.6 Å². The van der Waals surface area contributed by atoms with Crippen LogP contribution in [0.15, 0.2) is 12.2 Å². The lowest BCUT2D eigenvalue weighted by Crippen LogP contribution is -2.33. The van der Waals surface area contributed by atoms with Crippen molar-refractivity contribution in [3.05, 3.63) is 12.2 Å². The number of hydrogen-bond acceptors (Lipinski definition) is 1. The summed E-state index contributed by atoms with van der Waals surface area (Å²) in [5.41, 5.74) is 0.322. The quantitative estimate of drug-likeness (QED) is 0.406. The van der Waals surface area contributed by atoms with Gasteiger partial charge in [-0.1, -0.05) is 46.1 Å². The van der Waals surface area contributed by atoms with Crippen LogP contribution in [0.2, 0.25) is 13.1 Å². The van der Waals surface area contributed by atoms with Crippen molar-refractivity contribution in [2.24, 2.45) is 11.3 Å². The minimum absolute atomic E-state index is 0.0695. The summed E-state index contributed by atoms with van der Waals surface area (Å²) in [4.78, 5) is 0. The summed E-state index contributed by atoms with van der Waals surface area (Å²) in [7, 11) is 2.25. The molecule has 1 radical (unpaired) electrons. The SMILES string of the molecule is C[B]CCC(OC(C)(C)C)C(/C=C\C)CCC(C)(C)C. The van der Waals surface area contributed by atoms with Crippen LogP contribution in [0.1, 0.15) is 67.7 Å². The Balaban J connectivity index is 4.81. The van der Waals surface area contributed by atoms with E-state index in [0.717, 1.165) is 12.7 Å². The van der Waals surface area contributed by atoms with Gasteiger partial charge in [0.2, 0.25) is 0 Å². The molecule has 0 fully saturated rings. The fraction of sp³-hybridized carbons (Fsp3) is 0.889. The molecule has 2 unspecified atom stereocenters. The van der Waals surface area contributed by atoms with Crippen LogP contribution in [0.25, 0.3) is 0 Å². The van der Waals surface area contributed by atoms with Crippen molar-refractivity contribution in [3.63, 3.8) is 0 Å². The van der Waals surface area contributed by atoms with Crippen molar-refractivity contribution in [2.75, 3.05) is 0 Å². The lowest BCUT2D eigenvalue weighted by molar-refractivity contribution is -0.0803. The molecule has 0 aromatic rings. The molecule has 0 rings (SSSR count). The van der Waals surface area contributed by atoms with Gasteiger partial charge in [0.1, 0.15) is 7.28 Å². The first-order valence-electron chi connectivity index (χ1n) is 8.17. The van der Waals surface area contributed by atoms with Gasteiger partial charge in [0, 0.05) is 5.92 Å². The average molecular weight is 279 g/mol. The molecule has 0 N–H and O–H groups in total. The molecule has 0 aromatic carbocycles. The van der Waals surface area contributed by atoms with Gasteiger partial charge in [0.15, 0.2) is 0 Å². The minimum atomic E-state index is -0.0695. The highest BCUT2D eigenvalue weighted by atomic mass is 16.5. The van der Waals surface area contributed by atoms with Gasteiger partial charge >= 0.3 is 0 Å². The van der Waals surface area contributed by atoms with Crippen LogP contribution in [0.3, 0.4) is 0 Å². The molecule has 0 heterocycles. The van der Waals surface area contributed by atoms with Gasteiger partial charge in [-0.25, -0.2) is 0 Å². The molecule has 0 spiro atoms. The van der Waals surface area contributed by atoms with Gasteiger partial charge in [0.25, 0.3) is 0 Å². The third-order valence-electron chi connectivity index (χ3n) is 3.39. The first-order valence-corrected chi connectivity index (χ1v) is 8.17. The lowest BCUT2D eigenvalue weighted by Gasteiger charge is -2.33. The van der Waals surface area contributed by atoms with Crippen LogP contribution in [0.5, 0.6) is 0 Å². The minimum Gasteiger partial charge on any atom is -0.372 e. The van der Waals surface area contributed by atoms with Crippen LogP contribution in [0.4, 0.5) is 0 Å². The Bertz CT molecular complexity index is 270. The van der Waals surface area contributed by atoms with Gasteiger partial charge in [-0.2, -0.15) is 0 Å². The topological polar surface area (TPSA) is 9.23 Å². The first-order chi connectivity index (χ1) is 9.09. The van der Waals surface area contributed by atoms with E-state index in [1.807, 2.05) is 0 Å². The van der Waals surface area contributed by atoms with E-state index in [-0.39, 0.29) is 5.60 Å². The summed E-state index contributed by atoms with van der Waals surface area (Å²) in [6, 6.07) is 0. The number of ether oxygens (including phenoxy) is 1. The molecule has 0 saturated heterocycles. The molecular weight excluding hydrogens is 243 g/mol. The third-order valence-corrected chi connectivity index (χ3v) is 3.39. The van der Waals surface area contributed by atoms with Crippen molar-refractivity contribution in [3.8, 4) is 0 Å².